The minimum absolute atomic E-state index is 0.278. The van der Waals surface area contributed by atoms with Crippen LogP contribution in [0.5, 0.6) is 0 Å². The molecule has 0 amide bonds. The second-order valence-corrected chi connectivity index (χ2v) is 8.34. The molecule has 2 aromatic carbocycles. The van der Waals surface area contributed by atoms with Crippen molar-refractivity contribution in [3.63, 3.8) is 0 Å². The Balaban J connectivity index is 1.88. The lowest BCUT2D eigenvalue weighted by Gasteiger charge is -2.23. The fourth-order valence-electron chi connectivity index (χ4n) is 3.23. The van der Waals surface area contributed by atoms with E-state index in [4.69, 9.17) is 0 Å². The highest BCUT2D eigenvalue weighted by Gasteiger charge is 2.23. The summed E-state index contributed by atoms with van der Waals surface area (Å²) in [6.45, 7) is 0.605. The second kappa shape index (κ2) is 7.05. The number of fused-ring (bicyclic) bond motifs is 1. The van der Waals surface area contributed by atoms with E-state index in [1.54, 1.807) is 6.07 Å². The van der Waals surface area contributed by atoms with E-state index in [0.29, 0.717) is 11.4 Å². The van der Waals surface area contributed by atoms with Crippen molar-refractivity contribution in [2.24, 2.45) is 0 Å². The average molecular weight is 344 g/mol. The first-order chi connectivity index (χ1) is 11.5. The Labute approximate surface area is 144 Å². The van der Waals surface area contributed by atoms with Gasteiger partial charge in [-0.25, -0.2) is 13.1 Å². The zero-order valence-electron chi connectivity index (χ0n) is 14.2. The third-order valence-corrected chi connectivity index (χ3v) is 5.90. The molecule has 1 atom stereocenters. The SMILES string of the molecule is CN(C)CC(NS(=O)(=O)c1ccc2c(c1)CCC2)c1ccccc1. The highest BCUT2D eigenvalue weighted by Crippen LogP contribution is 2.25. The number of nitrogens with zero attached hydrogens (tertiary/aromatic N) is 1. The standard InChI is InChI=1S/C19H24N2O2S/c1-21(2)14-19(16-7-4-3-5-8-16)20-24(22,23)18-12-11-15-9-6-10-17(15)13-18/h3-5,7-8,11-13,19-20H,6,9-10,14H2,1-2H3. The average Bonchev–Trinajstić information content (AvgIpc) is 3.02. The van der Waals surface area contributed by atoms with Crippen molar-refractivity contribution in [1.29, 1.82) is 0 Å². The molecule has 1 N–H and O–H groups in total. The summed E-state index contributed by atoms with van der Waals surface area (Å²) in [5, 5.41) is 0. The number of hydrogen-bond donors (Lipinski definition) is 1. The molecular weight excluding hydrogens is 320 g/mol. The van der Waals surface area contributed by atoms with Crippen LogP contribution in [0.1, 0.15) is 29.2 Å². The van der Waals surface area contributed by atoms with Crippen molar-refractivity contribution in [3.05, 3.63) is 65.2 Å². The number of benzene rings is 2. The first kappa shape index (κ1) is 17.1. The molecule has 0 fully saturated rings. The molecular formula is C19H24N2O2S. The van der Waals surface area contributed by atoms with Crippen molar-refractivity contribution in [2.75, 3.05) is 20.6 Å². The molecule has 0 aliphatic heterocycles. The van der Waals surface area contributed by atoms with E-state index >= 15 is 0 Å². The zero-order valence-corrected chi connectivity index (χ0v) is 15.0. The van der Waals surface area contributed by atoms with Crippen LogP contribution in [0.2, 0.25) is 0 Å². The summed E-state index contributed by atoms with van der Waals surface area (Å²) in [5.74, 6) is 0. The number of nitrogens with one attached hydrogen (secondary N) is 1. The van der Waals surface area contributed by atoms with E-state index in [1.165, 1.54) is 11.1 Å². The minimum atomic E-state index is -3.55. The summed E-state index contributed by atoms with van der Waals surface area (Å²) in [6, 6.07) is 15.0. The quantitative estimate of drug-likeness (QED) is 0.877. The van der Waals surface area contributed by atoms with Gasteiger partial charge in [0.25, 0.3) is 0 Å². The molecule has 0 bridgehead atoms. The van der Waals surface area contributed by atoms with E-state index in [9.17, 15) is 8.42 Å². The number of hydrogen-bond acceptors (Lipinski definition) is 3. The summed E-state index contributed by atoms with van der Waals surface area (Å²) in [5.41, 5.74) is 3.42. The lowest BCUT2D eigenvalue weighted by atomic mass is 10.1. The number of rotatable bonds is 6. The molecule has 2 aromatic rings. The Hall–Kier alpha value is -1.69. The summed E-state index contributed by atoms with van der Waals surface area (Å²) in [6.07, 6.45) is 3.13. The normalized spacial score (nSPS) is 15.5. The molecule has 0 aromatic heterocycles. The van der Waals surface area contributed by atoms with Gasteiger partial charge in [0, 0.05) is 6.54 Å². The van der Waals surface area contributed by atoms with Crippen LogP contribution in [0.15, 0.2) is 53.4 Å². The molecule has 0 saturated carbocycles. The van der Waals surface area contributed by atoms with Crippen molar-refractivity contribution in [3.8, 4) is 0 Å². The number of likely N-dealkylation sites (N-methyl/N-ethyl adjacent to an activating group) is 1. The topological polar surface area (TPSA) is 49.4 Å². The predicted octanol–water partition coefficient (Wildman–Crippen LogP) is 2.76. The molecule has 1 unspecified atom stereocenters. The van der Waals surface area contributed by atoms with Crippen molar-refractivity contribution < 1.29 is 8.42 Å². The highest BCUT2D eigenvalue weighted by atomic mass is 32.2. The Morgan fingerprint density at radius 3 is 2.46 bits per heavy atom. The predicted molar refractivity (Wildman–Crippen MR) is 96.5 cm³/mol. The van der Waals surface area contributed by atoms with E-state index < -0.39 is 10.0 Å². The zero-order chi connectivity index (χ0) is 17.2. The fraction of sp³-hybridized carbons (Fsp3) is 0.368. The summed E-state index contributed by atoms with van der Waals surface area (Å²) in [7, 11) is 0.337. The summed E-state index contributed by atoms with van der Waals surface area (Å²) >= 11 is 0. The van der Waals surface area contributed by atoms with Crippen LogP contribution in [-0.2, 0) is 22.9 Å². The van der Waals surface area contributed by atoms with Crippen LogP contribution in [0.25, 0.3) is 0 Å². The van der Waals surface area contributed by atoms with Gasteiger partial charge in [0.2, 0.25) is 10.0 Å². The van der Waals surface area contributed by atoms with E-state index in [0.717, 1.165) is 24.8 Å². The van der Waals surface area contributed by atoms with Crippen molar-refractivity contribution >= 4 is 10.0 Å². The Morgan fingerprint density at radius 1 is 1.04 bits per heavy atom. The van der Waals surface area contributed by atoms with Crippen LogP contribution < -0.4 is 4.72 Å². The van der Waals surface area contributed by atoms with Gasteiger partial charge < -0.3 is 4.90 Å². The molecule has 24 heavy (non-hydrogen) atoms. The Morgan fingerprint density at radius 2 is 1.75 bits per heavy atom. The third kappa shape index (κ3) is 3.86. The van der Waals surface area contributed by atoms with Crippen LogP contribution >= 0.6 is 0 Å². The van der Waals surface area contributed by atoms with Crippen molar-refractivity contribution in [1.82, 2.24) is 9.62 Å². The van der Waals surface area contributed by atoms with Gasteiger partial charge >= 0.3 is 0 Å². The van der Waals surface area contributed by atoms with Crippen LogP contribution in [0.4, 0.5) is 0 Å². The molecule has 0 spiro atoms. The largest absolute Gasteiger partial charge is 0.307 e. The molecule has 5 heteroatoms. The number of sulfonamides is 1. The Kier molecular flexibility index (Phi) is 5.04. The van der Waals surface area contributed by atoms with Crippen molar-refractivity contribution in [2.45, 2.75) is 30.2 Å². The Bertz CT molecular complexity index is 801. The van der Waals surface area contributed by atoms with Gasteiger partial charge in [0.1, 0.15) is 0 Å². The van der Waals surface area contributed by atoms with Gasteiger partial charge in [-0.15, -0.1) is 0 Å². The molecule has 0 saturated heterocycles. The first-order valence-electron chi connectivity index (χ1n) is 8.29. The maximum absolute atomic E-state index is 12.9. The number of aryl methyl sites for hydroxylation is 2. The van der Waals surface area contributed by atoms with Gasteiger partial charge in [-0.1, -0.05) is 36.4 Å². The molecule has 1 aliphatic carbocycles. The third-order valence-electron chi connectivity index (χ3n) is 4.43. The fourth-order valence-corrected chi connectivity index (χ4v) is 4.50. The lowest BCUT2D eigenvalue weighted by Crippen LogP contribution is -2.35. The van der Waals surface area contributed by atoms with Gasteiger partial charge in [0.15, 0.2) is 0 Å². The molecule has 0 radical (unpaired) electrons. The monoisotopic (exact) mass is 344 g/mol. The van der Waals surface area contributed by atoms with Gasteiger partial charge in [-0.05, 0) is 62.2 Å². The molecule has 1 aliphatic rings. The first-order valence-corrected chi connectivity index (χ1v) is 9.78. The molecule has 0 heterocycles. The summed E-state index contributed by atoms with van der Waals surface area (Å²) < 4.78 is 28.6. The molecule has 128 valence electrons. The highest BCUT2D eigenvalue weighted by molar-refractivity contribution is 7.89. The minimum Gasteiger partial charge on any atom is -0.307 e. The van der Waals surface area contributed by atoms with E-state index in [-0.39, 0.29) is 6.04 Å². The van der Waals surface area contributed by atoms with Crippen LogP contribution in [0.3, 0.4) is 0 Å². The van der Waals surface area contributed by atoms with Crippen LogP contribution in [0, 0.1) is 0 Å². The smallest absolute Gasteiger partial charge is 0.241 e. The van der Waals surface area contributed by atoms with Crippen LogP contribution in [-0.4, -0.2) is 34.0 Å². The summed E-state index contributed by atoms with van der Waals surface area (Å²) in [4.78, 5) is 2.35. The van der Waals surface area contributed by atoms with E-state index in [1.807, 2.05) is 61.5 Å². The maximum Gasteiger partial charge on any atom is 0.241 e. The van der Waals surface area contributed by atoms with Gasteiger partial charge in [0.05, 0.1) is 10.9 Å². The second-order valence-electron chi connectivity index (χ2n) is 6.63. The van der Waals surface area contributed by atoms with E-state index in [2.05, 4.69) is 4.72 Å². The van der Waals surface area contributed by atoms with Gasteiger partial charge in [-0.3, -0.25) is 0 Å². The van der Waals surface area contributed by atoms with Gasteiger partial charge in [-0.2, -0.15) is 0 Å². The maximum atomic E-state index is 12.9. The molecule has 3 rings (SSSR count). The lowest BCUT2D eigenvalue weighted by molar-refractivity contribution is 0.363. The molecule has 4 nitrogen and oxygen atoms in total.